The summed E-state index contributed by atoms with van der Waals surface area (Å²) >= 11 is 0. The predicted octanol–water partition coefficient (Wildman–Crippen LogP) is 3.29. The molecule has 0 amide bonds. The summed E-state index contributed by atoms with van der Waals surface area (Å²) in [4.78, 5) is 2.37. The molecular formula is C22H34N2O2. The Hall–Kier alpha value is -1.10. The van der Waals surface area contributed by atoms with Gasteiger partial charge in [0.05, 0.1) is 5.60 Å². The van der Waals surface area contributed by atoms with Gasteiger partial charge in [0, 0.05) is 44.9 Å². The quantitative estimate of drug-likeness (QED) is 0.870. The van der Waals surface area contributed by atoms with Gasteiger partial charge in [0.15, 0.2) is 0 Å². The fourth-order valence-corrected chi connectivity index (χ4v) is 4.90. The Morgan fingerprint density at radius 3 is 2.69 bits per heavy atom. The summed E-state index contributed by atoms with van der Waals surface area (Å²) in [5, 5.41) is 13.8. The lowest BCUT2D eigenvalue weighted by Gasteiger charge is -2.40. The van der Waals surface area contributed by atoms with Crippen molar-refractivity contribution in [3.8, 4) is 5.75 Å². The maximum absolute atomic E-state index is 10.1. The van der Waals surface area contributed by atoms with Gasteiger partial charge in [-0.1, -0.05) is 19.1 Å². The molecule has 1 spiro atoms. The maximum atomic E-state index is 10.1. The van der Waals surface area contributed by atoms with Crippen LogP contribution in [0.25, 0.3) is 0 Å². The number of β-amino-alcohol motifs (C(OH)–C–C–N with tert-alkyl or cyclic N) is 1. The predicted molar refractivity (Wildman–Crippen MR) is 105 cm³/mol. The summed E-state index contributed by atoms with van der Waals surface area (Å²) in [6.45, 7) is 9.99. The van der Waals surface area contributed by atoms with Gasteiger partial charge in [0.25, 0.3) is 0 Å². The number of rotatable bonds is 3. The molecule has 4 heteroatoms. The van der Waals surface area contributed by atoms with Gasteiger partial charge in [0.2, 0.25) is 0 Å². The molecule has 2 atom stereocenters. The zero-order valence-corrected chi connectivity index (χ0v) is 16.6. The molecule has 1 aromatic rings. The van der Waals surface area contributed by atoms with Crippen molar-refractivity contribution in [2.75, 3.05) is 26.2 Å². The molecule has 0 radical (unpaired) electrons. The Kier molecular flexibility index (Phi) is 4.79. The van der Waals surface area contributed by atoms with Crippen LogP contribution in [-0.4, -0.2) is 47.4 Å². The van der Waals surface area contributed by atoms with Gasteiger partial charge in [-0.05, 0) is 56.3 Å². The van der Waals surface area contributed by atoms with Crippen molar-refractivity contribution in [3.63, 3.8) is 0 Å². The average molecular weight is 359 g/mol. The largest absolute Gasteiger partial charge is 0.487 e. The van der Waals surface area contributed by atoms with Crippen LogP contribution in [0.1, 0.15) is 63.6 Å². The van der Waals surface area contributed by atoms with Gasteiger partial charge in [-0.3, -0.25) is 0 Å². The molecule has 0 aliphatic carbocycles. The van der Waals surface area contributed by atoms with Gasteiger partial charge in [-0.15, -0.1) is 0 Å². The van der Waals surface area contributed by atoms with E-state index in [9.17, 15) is 5.11 Å². The van der Waals surface area contributed by atoms with E-state index < -0.39 is 5.60 Å². The third-order valence-electron chi connectivity index (χ3n) is 6.36. The summed E-state index contributed by atoms with van der Waals surface area (Å²) in [7, 11) is 0. The number of nitrogens with zero attached hydrogens (tertiary/aromatic N) is 1. The second kappa shape index (κ2) is 6.81. The van der Waals surface area contributed by atoms with Crippen LogP contribution in [-0.2, 0) is 6.42 Å². The molecule has 0 aromatic heterocycles. The molecule has 4 nitrogen and oxygen atoms in total. The topological polar surface area (TPSA) is 44.7 Å². The van der Waals surface area contributed by atoms with Gasteiger partial charge in [-0.25, -0.2) is 0 Å². The molecule has 1 unspecified atom stereocenters. The highest BCUT2D eigenvalue weighted by atomic mass is 16.5. The van der Waals surface area contributed by atoms with Crippen LogP contribution in [0.5, 0.6) is 5.75 Å². The second-order valence-corrected chi connectivity index (χ2v) is 9.56. The van der Waals surface area contributed by atoms with Crippen LogP contribution >= 0.6 is 0 Å². The molecule has 26 heavy (non-hydrogen) atoms. The van der Waals surface area contributed by atoms with E-state index in [0.717, 1.165) is 57.1 Å². The third kappa shape index (κ3) is 3.92. The molecule has 2 saturated heterocycles. The molecule has 3 aliphatic rings. The highest BCUT2D eigenvalue weighted by molar-refractivity contribution is 5.43. The van der Waals surface area contributed by atoms with E-state index in [1.54, 1.807) is 0 Å². The van der Waals surface area contributed by atoms with E-state index in [2.05, 4.69) is 35.3 Å². The Labute approximate surface area is 157 Å². The minimum absolute atomic E-state index is 0.0223. The molecule has 3 aliphatic heterocycles. The number of hydrogen-bond donors (Lipinski definition) is 2. The van der Waals surface area contributed by atoms with Crippen LogP contribution < -0.4 is 10.1 Å². The van der Waals surface area contributed by atoms with Crippen molar-refractivity contribution >= 4 is 0 Å². The van der Waals surface area contributed by atoms with Gasteiger partial charge in [0.1, 0.15) is 11.4 Å². The Morgan fingerprint density at radius 2 is 2.04 bits per heavy atom. The number of fused-ring (bicyclic) bond motifs is 1. The third-order valence-corrected chi connectivity index (χ3v) is 6.36. The molecule has 0 saturated carbocycles. The van der Waals surface area contributed by atoms with Crippen molar-refractivity contribution in [2.24, 2.45) is 5.92 Å². The molecular weight excluding hydrogens is 324 g/mol. The standard InChI is InChI=1S/C22H34N2O2/c1-16-4-6-19(23-14-16)17-5-7-20-18(12-17)13-22(26-20)8-10-24(11-9-22)15-21(2,3)25/h5,7,12,16,19,23,25H,4,6,8-11,13-15H2,1-3H3/t16-,19?/m0/s1. The van der Waals surface area contributed by atoms with Gasteiger partial charge >= 0.3 is 0 Å². The first-order chi connectivity index (χ1) is 12.3. The van der Waals surface area contributed by atoms with E-state index in [1.165, 1.54) is 24.0 Å². The lowest BCUT2D eigenvalue weighted by molar-refractivity contribution is -0.0167. The smallest absolute Gasteiger partial charge is 0.123 e. The van der Waals surface area contributed by atoms with E-state index in [-0.39, 0.29) is 5.60 Å². The number of benzene rings is 1. The number of piperidine rings is 2. The van der Waals surface area contributed by atoms with E-state index in [4.69, 9.17) is 4.74 Å². The molecule has 2 fully saturated rings. The van der Waals surface area contributed by atoms with E-state index >= 15 is 0 Å². The number of likely N-dealkylation sites (tertiary alicyclic amines) is 1. The summed E-state index contributed by atoms with van der Waals surface area (Å²) < 4.78 is 6.46. The molecule has 144 valence electrons. The number of aliphatic hydroxyl groups is 1. The lowest BCUT2D eigenvalue weighted by Crippen LogP contribution is -2.50. The van der Waals surface area contributed by atoms with E-state index in [0.29, 0.717) is 6.04 Å². The molecule has 4 rings (SSSR count). The molecule has 3 heterocycles. The SMILES string of the molecule is C[C@H]1CCC(c2ccc3c(c2)CC2(CCN(CC(C)(C)O)CC2)O3)NC1. The Morgan fingerprint density at radius 1 is 1.27 bits per heavy atom. The Balaban J connectivity index is 1.40. The van der Waals surface area contributed by atoms with Crippen LogP contribution in [0.3, 0.4) is 0 Å². The van der Waals surface area contributed by atoms with Crippen LogP contribution in [0, 0.1) is 5.92 Å². The minimum Gasteiger partial charge on any atom is -0.487 e. The summed E-state index contributed by atoms with van der Waals surface area (Å²) in [5.41, 5.74) is 2.17. The fraction of sp³-hybridized carbons (Fsp3) is 0.727. The second-order valence-electron chi connectivity index (χ2n) is 9.56. The first-order valence-corrected chi connectivity index (χ1v) is 10.3. The normalized spacial score (nSPS) is 28.8. The molecule has 0 bridgehead atoms. The summed E-state index contributed by atoms with van der Waals surface area (Å²) in [6.07, 6.45) is 5.68. The van der Waals surface area contributed by atoms with Gasteiger partial charge in [-0.2, -0.15) is 0 Å². The monoisotopic (exact) mass is 358 g/mol. The van der Waals surface area contributed by atoms with E-state index in [1.807, 2.05) is 13.8 Å². The summed E-state index contributed by atoms with van der Waals surface area (Å²) in [5.74, 6) is 1.88. The van der Waals surface area contributed by atoms with Crippen molar-refractivity contribution in [1.29, 1.82) is 0 Å². The van der Waals surface area contributed by atoms with Crippen LogP contribution in [0.15, 0.2) is 18.2 Å². The average Bonchev–Trinajstić information content (AvgIpc) is 2.94. The van der Waals surface area contributed by atoms with Crippen LogP contribution in [0.2, 0.25) is 0 Å². The van der Waals surface area contributed by atoms with Gasteiger partial charge < -0.3 is 20.1 Å². The molecule has 1 aromatic carbocycles. The fourth-order valence-electron chi connectivity index (χ4n) is 4.90. The lowest BCUT2D eigenvalue weighted by atomic mass is 9.85. The van der Waals surface area contributed by atoms with Crippen molar-refractivity contribution in [3.05, 3.63) is 29.3 Å². The Bertz CT molecular complexity index is 636. The highest BCUT2D eigenvalue weighted by Gasteiger charge is 2.42. The summed E-state index contributed by atoms with van der Waals surface area (Å²) in [6, 6.07) is 7.35. The number of ether oxygens (including phenoxy) is 1. The van der Waals surface area contributed by atoms with Crippen molar-refractivity contribution < 1.29 is 9.84 Å². The first kappa shape index (κ1) is 18.3. The van der Waals surface area contributed by atoms with Crippen molar-refractivity contribution in [2.45, 2.75) is 70.1 Å². The molecule has 2 N–H and O–H groups in total. The highest BCUT2D eigenvalue weighted by Crippen LogP contribution is 2.42. The number of nitrogens with one attached hydrogen (secondary N) is 1. The zero-order chi connectivity index (χ0) is 18.4. The van der Waals surface area contributed by atoms with Crippen molar-refractivity contribution in [1.82, 2.24) is 10.2 Å². The van der Waals surface area contributed by atoms with Crippen LogP contribution in [0.4, 0.5) is 0 Å². The maximum Gasteiger partial charge on any atom is 0.123 e. The first-order valence-electron chi connectivity index (χ1n) is 10.3. The zero-order valence-electron chi connectivity index (χ0n) is 16.6. The minimum atomic E-state index is -0.622. The number of hydrogen-bond acceptors (Lipinski definition) is 4.